The Hall–Kier alpha value is -4.04. The Balaban J connectivity index is 1.63. The molecule has 10 nitrogen and oxygen atoms in total. The maximum absolute atomic E-state index is 13.6. The van der Waals surface area contributed by atoms with Crippen molar-refractivity contribution in [2.45, 2.75) is 51.0 Å². The van der Waals surface area contributed by atoms with Gasteiger partial charge in [-0.15, -0.1) is 0 Å². The molecule has 1 heterocycles. The molecule has 1 saturated heterocycles. The fourth-order valence-corrected chi connectivity index (χ4v) is 4.84. The number of nitrogen functional groups attached to an aromatic ring is 1. The van der Waals surface area contributed by atoms with Gasteiger partial charge in [-0.05, 0) is 48.9 Å². The van der Waals surface area contributed by atoms with Crippen molar-refractivity contribution in [2.24, 2.45) is 11.7 Å². The van der Waals surface area contributed by atoms with Crippen LogP contribution in [0.5, 0.6) is 0 Å². The molecule has 2 aromatic rings. The minimum Gasteiger partial charge on any atom is -0.386 e. The van der Waals surface area contributed by atoms with Crippen molar-refractivity contribution in [1.29, 1.82) is 5.41 Å². The van der Waals surface area contributed by atoms with Gasteiger partial charge < -0.3 is 21.1 Å². The number of nitrogens with two attached hydrogens (primary N) is 1. The number of amidine groups is 1. The van der Waals surface area contributed by atoms with Crippen LogP contribution in [0.4, 0.5) is 17.6 Å². The Morgan fingerprint density at radius 2 is 1.79 bits per heavy atom. The lowest BCUT2D eigenvalue weighted by Crippen LogP contribution is -2.51. The number of esters is 2. The van der Waals surface area contributed by atoms with Crippen molar-refractivity contribution in [3.05, 3.63) is 70.0 Å². The quantitative estimate of drug-likeness (QED) is 0.0982. The topological polar surface area (TPSA) is 155 Å². The molecule has 232 valence electrons. The fourth-order valence-electron chi connectivity index (χ4n) is 4.63. The fraction of sp³-hybridized carbons (Fsp3) is 0.393. The van der Waals surface area contributed by atoms with Crippen LogP contribution in [0.25, 0.3) is 0 Å². The van der Waals surface area contributed by atoms with E-state index in [2.05, 4.69) is 15.4 Å². The van der Waals surface area contributed by atoms with E-state index < -0.39 is 54.3 Å². The van der Waals surface area contributed by atoms with Gasteiger partial charge in [0.05, 0.1) is 17.5 Å². The van der Waals surface area contributed by atoms with Crippen molar-refractivity contribution >= 4 is 41.2 Å². The second-order valence-corrected chi connectivity index (χ2v) is 10.5. The molecule has 1 aliphatic rings. The van der Waals surface area contributed by atoms with Gasteiger partial charge in [-0.1, -0.05) is 41.9 Å². The van der Waals surface area contributed by atoms with Crippen LogP contribution in [0.2, 0.25) is 5.02 Å². The Morgan fingerprint density at radius 1 is 1.14 bits per heavy atom. The lowest BCUT2D eigenvalue weighted by Gasteiger charge is -2.24. The molecule has 1 aliphatic heterocycles. The molecule has 0 aromatic heterocycles. The number of hydrogen-bond acceptors (Lipinski definition) is 7. The average molecular weight is 628 g/mol. The third-order valence-electron chi connectivity index (χ3n) is 6.83. The highest BCUT2D eigenvalue weighted by Crippen LogP contribution is 2.28. The standard InChI is InChI=1S/C28H30ClF4N5O5/c1-15(25(40)36-13-16-2-5-19(6-3-16)24(34)35)37-26(41)22-12-18(10-17-4-7-21(30)20(29)11-17)14-38(22)9-8-23(39)43-27(42)28(31,32)33/h2-7,11,15,18,22H,8-10,12-14H2,1H3,(H3,34,35)(H,36,40)(H,37,41)/t15-,18-,22+/m0/s1. The van der Waals surface area contributed by atoms with Gasteiger partial charge in [-0.3, -0.25) is 24.7 Å². The second-order valence-electron chi connectivity index (χ2n) is 10.1. The third-order valence-corrected chi connectivity index (χ3v) is 7.12. The highest BCUT2D eigenvalue weighted by atomic mass is 35.5. The summed E-state index contributed by atoms with van der Waals surface area (Å²) in [5.74, 6) is -5.94. The Morgan fingerprint density at radius 3 is 2.40 bits per heavy atom. The number of alkyl halides is 3. The average Bonchev–Trinajstić information content (AvgIpc) is 3.34. The highest BCUT2D eigenvalue weighted by Gasteiger charge is 2.43. The summed E-state index contributed by atoms with van der Waals surface area (Å²) in [5.41, 5.74) is 7.39. The highest BCUT2D eigenvalue weighted by molar-refractivity contribution is 6.30. The number of benzene rings is 2. The summed E-state index contributed by atoms with van der Waals surface area (Å²) in [4.78, 5) is 50.3. The van der Waals surface area contributed by atoms with Crippen LogP contribution in [0.3, 0.4) is 0 Å². The van der Waals surface area contributed by atoms with E-state index in [0.29, 0.717) is 17.5 Å². The van der Waals surface area contributed by atoms with Crippen LogP contribution in [0.1, 0.15) is 36.5 Å². The first-order valence-corrected chi connectivity index (χ1v) is 13.5. The number of likely N-dealkylation sites (tertiary alicyclic amines) is 1. The molecular formula is C28H30ClF4N5O5. The summed E-state index contributed by atoms with van der Waals surface area (Å²) in [6.45, 7) is 1.67. The molecule has 5 N–H and O–H groups in total. The van der Waals surface area contributed by atoms with Crippen LogP contribution < -0.4 is 16.4 Å². The number of amides is 2. The van der Waals surface area contributed by atoms with E-state index >= 15 is 0 Å². The summed E-state index contributed by atoms with van der Waals surface area (Å²) in [6, 6.07) is 9.03. The zero-order chi connectivity index (χ0) is 31.9. The van der Waals surface area contributed by atoms with Gasteiger partial charge in [0, 0.05) is 25.2 Å². The molecule has 15 heteroatoms. The normalized spacial score (nSPS) is 17.6. The van der Waals surface area contributed by atoms with E-state index in [4.69, 9.17) is 22.7 Å². The number of carbonyl (C=O) groups excluding carboxylic acids is 4. The Kier molecular flexibility index (Phi) is 11.2. The molecule has 0 spiro atoms. The van der Waals surface area contributed by atoms with Crippen molar-refractivity contribution in [2.75, 3.05) is 13.1 Å². The number of nitrogens with one attached hydrogen (secondary N) is 3. The van der Waals surface area contributed by atoms with Crippen molar-refractivity contribution in [1.82, 2.24) is 15.5 Å². The number of halogens is 5. The summed E-state index contributed by atoms with van der Waals surface area (Å²) < 4.78 is 54.8. The van der Waals surface area contributed by atoms with Crippen LogP contribution in [0, 0.1) is 17.1 Å². The third kappa shape index (κ3) is 9.75. The first-order chi connectivity index (χ1) is 20.1. The minimum absolute atomic E-state index is 0.0756. The van der Waals surface area contributed by atoms with Gasteiger partial charge in [-0.2, -0.15) is 13.2 Å². The number of rotatable bonds is 11. The Labute approximate surface area is 249 Å². The van der Waals surface area contributed by atoms with E-state index in [9.17, 15) is 36.7 Å². The summed E-state index contributed by atoms with van der Waals surface area (Å²) in [6.07, 6.45) is -5.29. The molecule has 3 rings (SSSR count). The van der Waals surface area contributed by atoms with Crippen molar-refractivity contribution in [3.63, 3.8) is 0 Å². The van der Waals surface area contributed by atoms with E-state index in [1.165, 1.54) is 19.1 Å². The summed E-state index contributed by atoms with van der Waals surface area (Å²) in [5, 5.41) is 12.7. The lowest BCUT2D eigenvalue weighted by atomic mass is 9.96. The predicted octanol–water partition coefficient (Wildman–Crippen LogP) is 2.84. The number of hydrogen-bond donors (Lipinski definition) is 4. The largest absolute Gasteiger partial charge is 0.491 e. The molecule has 0 bridgehead atoms. The van der Waals surface area contributed by atoms with Gasteiger partial charge in [-0.25, -0.2) is 9.18 Å². The molecule has 0 unspecified atom stereocenters. The molecule has 3 atom stereocenters. The van der Waals surface area contributed by atoms with Crippen LogP contribution >= 0.6 is 11.6 Å². The molecule has 0 radical (unpaired) electrons. The number of ether oxygens (including phenoxy) is 1. The lowest BCUT2D eigenvalue weighted by molar-refractivity contribution is -0.201. The zero-order valence-corrected chi connectivity index (χ0v) is 23.7. The maximum atomic E-state index is 13.6. The molecular weight excluding hydrogens is 598 g/mol. The number of nitrogens with zero attached hydrogens (tertiary/aromatic N) is 1. The van der Waals surface area contributed by atoms with Crippen molar-refractivity contribution < 1.29 is 41.5 Å². The van der Waals surface area contributed by atoms with Gasteiger partial charge in [0.15, 0.2) is 0 Å². The van der Waals surface area contributed by atoms with Crippen LogP contribution in [-0.2, 0) is 36.9 Å². The van der Waals surface area contributed by atoms with Gasteiger partial charge in [0.2, 0.25) is 11.8 Å². The minimum atomic E-state index is -5.33. The van der Waals surface area contributed by atoms with Gasteiger partial charge in [0.1, 0.15) is 17.7 Å². The number of carbonyl (C=O) groups is 4. The molecule has 0 aliphatic carbocycles. The Bertz CT molecular complexity index is 1370. The molecule has 1 fully saturated rings. The smallest absolute Gasteiger partial charge is 0.386 e. The summed E-state index contributed by atoms with van der Waals surface area (Å²) >= 11 is 5.88. The SMILES string of the molecule is C[C@H](NC(=O)[C@H]1C[C@H](Cc2ccc(F)c(Cl)c2)CN1CCC(=O)OC(=O)C(F)(F)F)C(=O)NCc1ccc(C(=N)N)cc1. The monoisotopic (exact) mass is 627 g/mol. The predicted molar refractivity (Wildman–Crippen MR) is 147 cm³/mol. The van der Waals surface area contributed by atoms with Gasteiger partial charge in [0.25, 0.3) is 0 Å². The maximum Gasteiger partial charge on any atom is 0.491 e. The van der Waals surface area contributed by atoms with E-state index in [1.54, 1.807) is 35.2 Å². The summed E-state index contributed by atoms with van der Waals surface area (Å²) in [7, 11) is 0. The molecule has 2 aromatic carbocycles. The second kappa shape index (κ2) is 14.4. The zero-order valence-electron chi connectivity index (χ0n) is 23.0. The molecule has 2 amide bonds. The van der Waals surface area contributed by atoms with Crippen molar-refractivity contribution in [3.8, 4) is 0 Å². The molecule has 43 heavy (non-hydrogen) atoms. The first kappa shape index (κ1) is 33.5. The van der Waals surface area contributed by atoms with Crippen LogP contribution in [-0.4, -0.2) is 65.8 Å². The van der Waals surface area contributed by atoms with Crippen LogP contribution in [0.15, 0.2) is 42.5 Å². The van der Waals surface area contributed by atoms with E-state index in [1.807, 2.05) is 0 Å². The first-order valence-electron chi connectivity index (χ1n) is 13.1. The van der Waals surface area contributed by atoms with E-state index in [0.717, 1.165) is 5.56 Å². The van der Waals surface area contributed by atoms with E-state index in [-0.39, 0.29) is 42.8 Å². The van der Waals surface area contributed by atoms with Gasteiger partial charge >= 0.3 is 18.1 Å². The molecule has 0 saturated carbocycles.